The molecule has 0 saturated carbocycles. The van der Waals surface area contributed by atoms with Crippen molar-refractivity contribution in [2.75, 3.05) is 33.0 Å². The quantitative estimate of drug-likeness (QED) is 0.231. The van der Waals surface area contributed by atoms with Crippen molar-refractivity contribution in [3.05, 3.63) is 106 Å². The van der Waals surface area contributed by atoms with Crippen LogP contribution in [0.15, 0.2) is 84.9 Å². The Morgan fingerprint density at radius 2 is 1.88 bits per heavy atom. The zero-order valence-electron chi connectivity index (χ0n) is 22.5. The first kappa shape index (κ1) is 26.3. The van der Waals surface area contributed by atoms with Crippen molar-refractivity contribution in [2.24, 2.45) is 7.05 Å². The number of aryl methyl sites for hydroxylation is 1. The molecule has 0 bridgehead atoms. The minimum Gasteiger partial charge on any atom is -0.462 e. The topological polar surface area (TPSA) is 112 Å². The Morgan fingerprint density at radius 3 is 2.56 bits per heavy atom. The Balaban J connectivity index is 1.14. The van der Waals surface area contributed by atoms with Crippen LogP contribution in [0.4, 0.5) is 5.69 Å². The Hall–Kier alpha value is -4.90. The van der Waals surface area contributed by atoms with Crippen molar-refractivity contribution in [3.63, 3.8) is 0 Å². The summed E-state index contributed by atoms with van der Waals surface area (Å²) in [5.74, 6) is 1.57. The maximum Gasteiger partial charge on any atom is 0.287 e. The highest BCUT2D eigenvalue weighted by atomic mass is 16.7. The fraction of sp³-hybridized carbons (Fsp3) is 0.267. The molecule has 0 radical (unpaired) electrons. The van der Waals surface area contributed by atoms with Gasteiger partial charge in [-0.05, 0) is 36.2 Å². The molecule has 1 saturated heterocycles. The number of carbonyl (C=O) groups excluding carboxylic acids is 1. The molecule has 0 N–H and O–H groups in total. The molecule has 2 aromatic heterocycles. The van der Waals surface area contributed by atoms with Crippen molar-refractivity contribution in [1.82, 2.24) is 19.4 Å². The number of fused-ring (bicyclic) bond motifs is 1. The van der Waals surface area contributed by atoms with E-state index in [1.807, 2.05) is 52.9 Å². The molecule has 11 heteroatoms. The van der Waals surface area contributed by atoms with Crippen molar-refractivity contribution in [3.8, 4) is 11.6 Å². The number of nitrogens with zero attached hydrogens (tertiary/aromatic N) is 5. The van der Waals surface area contributed by atoms with Gasteiger partial charge in [-0.15, -0.1) is 0 Å². The summed E-state index contributed by atoms with van der Waals surface area (Å²) >= 11 is 0. The number of rotatable bonds is 8. The first-order chi connectivity index (χ1) is 20.0. The largest absolute Gasteiger partial charge is 0.462 e. The van der Waals surface area contributed by atoms with Crippen molar-refractivity contribution >= 4 is 22.5 Å². The Kier molecular flexibility index (Phi) is 7.26. The van der Waals surface area contributed by atoms with Gasteiger partial charge in [-0.1, -0.05) is 30.3 Å². The van der Waals surface area contributed by atoms with Gasteiger partial charge in [0.25, 0.3) is 11.6 Å². The van der Waals surface area contributed by atoms with E-state index < -0.39 is 4.92 Å². The van der Waals surface area contributed by atoms with E-state index in [0.29, 0.717) is 37.6 Å². The van der Waals surface area contributed by atoms with Crippen LogP contribution in [-0.4, -0.2) is 69.2 Å². The highest BCUT2D eigenvalue weighted by Gasteiger charge is 2.32. The summed E-state index contributed by atoms with van der Waals surface area (Å²) in [4.78, 5) is 32.2. The van der Waals surface area contributed by atoms with Gasteiger partial charge in [0.15, 0.2) is 5.76 Å². The number of amides is 1. The first-order valence-corrected chi connectivity index (χ1v) is 13.4. The minimum atomic E-state index is -0.509. The van der Waals surface area contributed by atoms with Gasteiger partial charge >= 0.3 is 0 Å². The van der Waals surface area contributed by atoms with Gasteiger partial charge in [-0.25, -0.2) is 4.98 Å². The predicted molar refractivity (Wildman–Crippen MR) is 150 cm³/mol. The summed E-state index contributed by atoms with van der Waals surface area (Å²) in [6.07, 6.45) is 3.66. The number of ether oxygens (including phenoxy) is 3. The molecular formula is C30H29N5O6. The molecule has 41 heavy (non-hydrogen) atoms. The molecule has 2 aromatic carbocycles. The van der Waals surface area contributed by atoms with E-state index >= 15 is 0 Å². The molecule has 0 aliphatic carbocycles. The first-order valence-electron chi connectivity index (χ1n) is 13.4. The van der Waals surface area contributed by atoms with Gasteiger partial charge in [0, 0.05) is 56.3 Å². The van der Waals surface area contributed by atoms with E-state index in [9.17, 15) is 14.9 Å². The lowest BCUT2D eigenvalue weighted by Gasteiger charge is -2.39. The van der Waals surface area contributed by atoms with Crippen LogP contribution >= 0.6 is 0 Å². The Morgan fingerprint density at radius 1 is 1.07 bits per heavy atom. The molecule has 2 aliphatic rings. The molecule has 1 unspecified atom stereocenters. The van der Waals surface area contributed by atoms with Gasteiger partial charge in [-0.3, -0.25) is 19.8 Å². The third-order valence-corrected chi connectivity index (χ3v) is 7.52. The second-order valence-corrected chi connectivity index (χ2v) is 10.0. The molecule has 1 fully saturated rings. The SMILES string of the molecule is Cn1c(C(=O)N2CCN(C(Cc3ccccc3)C3=COCO3)CC2)cc2cc(Oc3ccc([N+](=O)[O-])cn3)ccc21. The number of piperazine rings is 1. The second kappa shape index (κ2) is 11.3. The number of nitro groups is 1. The predicted octanol–water partition coefficient (Wildman–Crippen LogP) is 4.49. The van der Waals surface area contributed by atoms with Crippen LogP contribution in [0, 0.1) is 10.1 Å². The van der Waals surface area contributed by atoms with E-state index in [4.69, 9.17) is 14.2 Å². The third kappa shape index (κ3) is 5.57. The van der Waals surface area contributed by atoms with Crippen molar-refractivity contribution < 1.29 is 23.9 Å². The van der Waals surface area contributed by atoms with E-state index in [2.05, 4.69) is 22.0 Å². The van der Waals surface area contributed by atoms with E-state index in [1.165, 1.54) is 17.7 Å². The molecule has 1 atom stereocenters. The van der Waals surface area contributed by atoms with Gasteiger partial charge < -0.3 is 23.7 Å². The third-order valence-electron chi connectivity index (χ3n) is 7.52. The summed E-state index contributed by atoms with van der Waals surface area (Å²) in [6.45, 7) is 2.86. The molecule has 4 heterocycles. The van der Waals surface area contributed by atoms with E-state index in [0.717, 1.165) is 29.3 Å². The zero-order chi connectivity index (χ0) is 28.3. The summed E-state index contributed by atoms with van der Waals surface area (Å²) < 4.78 is 18.8. The fourth-order valence-corrected chi connectivity index (χ4v) is 5.33. The highest BCUT2D eigenvalue weighted by molar-refractivity contribution is 5.99. The van der Waals surface area contributed by atoms with Crippen molar-refractivity contribution in [1.29, 1.82) is 0 Å². The van der Waals surface area contributed by atoms with Gasteiger partial charge in [0.05, 0.1) is 11.0 Å². The molecule has 1 amide bonds. The smallest absolute Gasteiger partial charge is 0.287 e. The van der Waals surface area contributed by atoms with Gasteiger partial charge in [-0.2, -0.15) is 0 Å². The van der Waals surface area contributed by atoms with Crippen LogP contribution in [0.25, 0.3) is 10.9 Å². The molecule has 2 aliphatic heterocycles. The molecule has 0 spiro atoms. The molecular weight excluding hydrogens is 526 g/mol. The van der Waals surface area contributed by atoms with Gasteiger partial charge in [0.1, 0.15) is 23.9 Å². The average Bonchev–Trinajstić information content (AvgIpc) is 3.65. The van der Waals surface area contributed by atoms with E-state index in [1.54, 1.807) is 12.3 Å². The Bertz CT molecular complexity index is 1590. The molecule has 11 nitrogen and oxygen atoms in total. The summed E-state index contributed by atoms with van der Waals surface area (Å²) in [7, 11) is 1.88. The number of aromatic nitrogens is 2. The lowest BCUT2D eigenvalue weighted by atomic mass is 10.0. The minimum absolute atomic E-state index is 0.0258. The number of carbonyl (C=O) groups is 1. The van der Waals surface area contributed by atoms with Crippen LogP contribution in [0.3, 0.4) is 0 Å². The number of benzene rings is 2. The van der Waals surface area contributed by atoms with Crippen LogP contribution < -0.4 is 4.74 Å². The average molecular weight is 556 g/mol. The van der Waals surface area contributed by atoms with Crippen LogP contribution in [-0.2, 0) is 22.9 Å². The van der Waals surface area contributed by atoms with Crippen LogP contribution in [0.1, 0.15) is 16.1 Å². The number of pyridine rings is 1. The lowest BCUT2D eigenvalue weighted by molar-refractivity contribution is -0.385. The summed E-state index contributed by atoms with van der Waals surface area (Å²) in [6, 6.07) is 20.5. The van der Waals surface area contributed by atoms with Gasteiger partial charge in [0.2, 0.25) is 12.7 Å². The maximum atomic E-state index is 13.6. The maximum absolute atomic E-state index is 13.6. The number of hydrogen-bond acceptors (Lipinski definition) is 8. The number of hydrogen-bond donors (Lipinski definition) is 0. The van der Waals surface area contributed by atoms with E-state index in [-0.39, 0.29) is 30.3 Å². The lowest BCUT2D eigenvalue weighted by Crippen LogP contribution is -2.53. The van der Waals surface area contributed by atoms with Crippen LogP contribution in [0.5, 0.6) is 11.6 Å². The van der Waals surface area contributed by atoms with Crippen LogP contribution in [0.2, 0.25) is 0 Å². The Labute approximate surface area is 236 Å². The van der Waals surface area contributed by atoms with Crippen molar-refractivity contribution in [2.45, 2.75) is 12.5 Å². The molecule has 6 rings (SSSR count). The summed E-state index contributed by atoms with van der Waals surface area (Å²) in [5, 5.41) is 11.7. The fourth-order valence-electron chi connectivity index (χ4n) is 5.33. The zero-order valence-corrected chi connectivity index (χ0v) is 22.5. The second-order valence-electron chi connectivity index (χ2n) is 10.0. The molecule has 210 valence electrons. The molecule has 4 aromatic rings. The summed E-state index contributed by atoms with van der Waals surface area (Å²) in [5.41, 5.74) is 2.60. The normalized spacial score (nSPS) is 16.1. The standard InChI is InChI=1S/C30H29N5O6/c1-32-25-9-8-24(41-29-10-7-23(18-31-29)35(37)38)16-22(25)17-27(32)30(36)34-13-11-33(12-14-34)26(28-19-39-20-40-28)15-21-5-3-2-4-6-21/h2-10,16-19,26H,11-15,20H2,1H3. The highest BCUT2D eigenvalue weighted by Crippen LogP contribution is 2.29. The monoisotopic (exact) mass is 555 g/mol.